The first-order valence-electron chi connectivity index (χ1n) is 10.7. The Morgan fingerprint density at radius 1 is 1.06 bits per heavy atom. The molecular weight excluding hydrogens is 442 g/mol. The Labute approximate surface area is 198 Å². The second-order valence-electron chi connectivity index (χ2n) is 7.82. The molecule has 2 N–H and O–H groups in total. The van der Waals surface area contributed by atoms with Gasteiger partial charge in [0, 0.05) is 22.5 Å². The van der Waals surface area contributed by atoms with Gasteiger partial charge in [-0.25, -0.2) is 9.48 Å². The van der Waals surface area contributed by atoms with Crippen LogP contribution in [0.15, 0.2) is 65.5 Å². The van der Waals surface area contributed by atoms with Crippen LogP contribution < -0.4 is 16.2 Å². The summed E-state index contributed by atoms with van der Waals surface area (Å²) in [5.74, 6) is 0.518. The number of rotatable bonds is 10. The zero-order valence-electron chi connectivity index (χ0n) is 18.8. The minimum Gasteiger partial charge on any atom is -0.449 e. The molecule has 0 aliphatic rings. The number of amides is 1. The zero-order chi connectivity index (χ0) is 23.6. The third-order valence-corrected chi connectivity index (χ3v) is 4.94. The molecule has 2 aromatic carbocycles. The van der Waals surface area contributed by atoms with Gasteiger partial charge in [0.15, 0.2) is 5.82 Å². The van der Waals surface area contributed by atoms with Crippen molar-refractivity contribution in [3.8, 4) is 0 Å². The van der Waals surface area contributed by atoms with Crippen LogP contribution in [0.25, 0.3) is 0 Å². The number of nitrogens with one attached hydrogen (secondary N) is 2. The molecule has 0 spiro atoms. The summed E-state index contributed by atoms with van der Waals surface area (Å²) in [7, 11) is 4.02. The first-order chi connectivity index (χ1) is 15.9. The average molecular weight is 470 g/mol. The monoisotopic (exact) mass is 469 g/mol. The number of hydrogen-bond acceptors (Lipinski definition) is 6. The lowest BCUT2D eigenvalue weighted by Crippen LogP contribution is -2.23. The Hall–Kier alpha value is -3.36. The quantitative estimate of drug-likeness (QED) is 0.422. The number of halogens is 1. The molecule has 8 nitrogen and oxygen atoms in total. The van der Waals surface area contributed by atoms with Gasteiger partial charge < -0.3 is 15.0 Å². The minimum absolute atomic E-state index is 0.234. The average Bonchev–Trinajstić information content (AvgIpc) is 2.76. The second-order valence-corrected chi connectivity index (χ2v) is 8.26. The highest BCUT2D eigenvalue weighted by Gasteiger charge is 2.07. The fourth-order valence-electron chi connectivity index (χ4n) is 3.11. The molecule has 1 amide bonds. The van der Waals surface area contributed by atoms with Crippen molar-refractivity contribution in [2.75, 3.05) is 37.9 Å². The van der Waals surface area contributed by atoms with E-state index in [1.165, 1.54) is 10.7 Å². The minimum atomic E-state index is -0.500. The van der Waals surface area contributed by atoms with E-state index in [-0.39, 0.29) is 12.1 Å². The van der Waals surface area contributed by atoms with Crippen molar-refractivity contribution >= 4 is 34.9 Å². The Balaban J connectivity index is 1.59. The summed E-state index contributed by atoms with van der Waals surface area (Å²) >= 11 is 6.02. The summed E-state index contributed by atoms with van der Waals surface area (Å²) in [6, 6.07) is 17.5. The molecule has 0 saturated carbocycles. The van der Waals surface area contributed by atoms with Crippen LogP contribution in [-0.2, 0) is 11.3 Å². The van der Waals surface area contributed by atoms with Gasteiger partial charge in [-0.1, -0.05) is 29.8 Å². The first-order valence-corrected chi connectivity index (χ1v) is 11.0. The summed E-state index contributed by atoms with van der Waals surface area (Å²) in [6.07, 6.45) is 1.27. The van der Waals surface area contributed by atoms with E-state index in [1.54, 1.807) is 36.4 Å². The molecule has 0 aliphatic carbocycles. The van der Waals surface area contributed by atoms with Crippen molar-refractivity contribution < 1.29 is 9.53 Å². The normalized spacial score (nSPS) is 10.8. The Morgan fingerprint density at radius 2 is 1.85 bits per heavy atom. The van der Waals surface area contributed by atoms with Crippen LogP contribution in [0.5, 0.6) is 0 Å². The lowest BCUT2D eigenvalue weighted by molar-refractivity contribution is 0.158. The number of unbranched alkanes of at least 4 members (excludes halogenated alkanes) is 1. The number of anilines is 3. The molecular formula is C24H28ClN5O3. The fourth-order valence-corrected chi connectivity index (χ4v) is 3.30. The molecule has 9 heteroatoms. The van der Waals surface area contributed by atoms with Gasteiger partial charge in [0.1, 0.15) is 0 Å². The molecule has 33 heavy (non-hydrogen) atoms. The van der Waals surface area contributed by atoms with E-state index in [4.69, 9.17) is 16.3 Å². The number of carbonyl (C=O) groups is 1. The number of carbonyl (C=O) groups excluding carboxylic acids is 1. The predicted molar refractivity (Wildman–Crippen MR) is 132 cm³/mol. The van der Waals surface area contributed by atoms with Crippen molar-refractivity contribution in [1.82, 2.24) is 14.7 Å². The molecule has 174 valence electrons. The van der Waals surface area contributed by atoms with E-state index < -0.39 is 6.09 Å². The number of aromatic nitrogens is 2. The number of nitrogens with zero attached hydrogens (tertiary/aromatic N) is 3. The summed E-state index contributed by atoms with van der Waals surface area (Å²) in [4.78, 5) is 26.5. The number of ether oxygens (including phenoxy) is 1. The molecule has 0 saturated heterocycles. The van der Waals surface area contributed by atoms with E-state index in [0.29, 0.717) is 23.1 Å². The van der Waals surface area contributed by atoms with Gasteiger partial charge in [0.2, 0.25) is 0 Å². The van der Waals surface area contributed by atoms with E-state index in [2.05, 4.69) is 20.6 Å². The Kier molecular flexibility index (Phi) is 8.86. The van der Waals surface area contributed by atoms with Crippen molar-refractivity contribution in [2.24, 2.45) is 0 Å². The van der Waals surface area contributed by atoms with Gasteiger partial charge in [-0.2, -0.15) is 5.10 Å². The maximum Gasteiger partial charge on any atom is 0.411 e. The van der Waals surface area contributed by atoms with Gasteiger partial charge in [-0.05, 0) is 75.4 Å². The van der Waals surface area contributed by atoms with Crippen LogP contribution >= 0.6 is 11.6 Å². The van der Waals surface area contributed by atoms with Crippen molar-refractivity contribution in [1.29, 1.82) is 0 Å². The highest BCUT2D eigenvalue weighted by atomic mass is 35.5. The molecule has 3 aromatic rings. The Morgan fingerprint density at radius 3 is 2.64 bits per heavy atom. The summed E-state index contributed by atoms with van der Waals surface area (Å²) in [5, 5.41) is 10.9. The second kappa shape index (κ2) is 12.0. The van der Waals surface area contributed by atoms with Crippen LogP contribution in [0.4, 0.5) is 22.0 Å². The predicted octanol–water partition coefficient (Wildman–Crippen LogP) is 4.58. The lowest BCUT2D eigenvalue weighted by atomic mass is 10.2. The van der Waals surface area contributed by atoms with Crippen LogP contribution in [-0.4, -0.2) is 48.0 Å². The number of hydrogen-bond donors (Lipinski definition) is 2. The van der Waals surface area contributed by atoms with Crippen LogP contribution in [0.1, 0.15) is 18.4 Å². The summed E-state index contributed by atoms with van der Waals surface area (Å²) in [6.45, 7) is 1.57. The van der Waals surface area contributed by atoms with Crippen molar-refractivity contribution in [3.05, 3.63) is 81.6 Å². The molecule has 1 aromatic heterocycles. The maximum atomic E-state index is 12.3. The van der Waals surface area contributed by atoms with Gasteiger partial charge in [-0.3, -0.25) is 10.1 Å². The Bertz CT molecular complexity index is 1130. The first kappa shape index (κ1) is 24.3. The maximum absolute atomic E-state index is 12.3. The van der Waals surface area contributed by atoms with Crippen LogP contribution in [0.2, 0.25) is 5.02 Å². The van der Waals surface area contributed by atoms with Crippen LogP contribution in [0.3, 0.4) is 0 Å². The zero-order valence-corrected chi connectivity index (χ0v) is 19.5. The summed E-state index contributed by atoms with van der Waals surface area (Å²) in [5.41, 5.74) is 1.94. The smallest absolute Gasteiger partial charge is 0.411 e. The van der Waals surface area contributed by atoms with E-state index >= 15 is 0 Å². The SMILES string of the molecule is CN(C)CCCCOC(=O)Nc1cccc(Cn2nc(Nc3cccc(Cl)c3)ccc2=O)c1. The topological polar surface area (TPSA) is 88.5 Å². The summed E-state index contributed by atoms with van der Waals surface area (Å²) < 4.78 is 6.59. The van der Waals surface area contributed by atoms with E-state index in [0.717, 1.165) is 30.6 Å². The molecule has 1 heterocycles. The standard InChI is InChI=1S/C24H28ClN5O3/c1-29(2)13-3-4-14-33-24(32)27-20-9-5-7-18(15-20)17-30-23(31)12-11-22(28-30)26-21-10-6-8-19(25)16-21/h5-12,15-16H,3-4,13-14,17H2,1-2H3,(H,26,28)(H,27,32). The molecule has 0 fully saturated rings. The van der Waals surface area contributed by atoms with E-state index in [9.17, 15) is 9.59 Å². The number of benzene rings is 2. The van der Waals surface area contributed by atoms with Crippen molar-refractivity contribution in [2.45, 2.75) is 19.4 Å². The third kappa shape index (κ3) is 8.25. The molecule has 0 bridgehead atoms. The van der Waals surface area contributed by atoms with Crippen molar-refractivity contribution in [3.63, 3.8) is 0 Å². The van der Waals surface area contributed by atoms with Gasteiger partial charge in [-0.15, -0.1) is 0 Å². The van der Waals surface area contributed by atoms with Crippen LogP contribution in [0, 0.1) is 0 Å². The largest absolute Gasteiger partial charge is 0.449 e. The van der Waals surface area contributed by atoms with Gasteiger partial charge in [0.25, 0.3) is 5.56 Å². The van der Waals surface area contributed by atoms with E-state index in [1.807, 2.05) is 32.3 Å². The third-order valence-electron chi connectivity index (χ3n) is 4.70. The molecule has 3 rings (SSSR count). The highest BCUT2D eigenvalue weighted by molar-refractivity contribution is 6.30. The molecule has 0 radical (unpaired) electrons. The van der Waals surface area contributed by atoms with Gasteiger partial charge in [0.05, 0.1) is 13.2 Å². The molecule has 0 atom stereocenters. The highest BCUT2D eigenvalue weighted by Crippen LogP contribution is 2.18. The molecule has 0 unspecified atom stereocenters. The molecule has 0 aliphatic heterocycles. The fraction of sp³-hybridized carbons (Fsp3) is 0.292. The lowest BCUT2D eigenvalue weighted by Gasteiger charge is -2.11. The van der Waals surface area contributed by atoms with Gasteiger partial charge >= 0.3 is 6.09 Å².